The number of carbonyl (C=O) groups excluding carboxylic acids is 3. The summed E-state index contributed by atoms with van der Waals surface area (Å²) in [6.07, 6.45) is -5.98. The normalized spacial score (nSPS) is 15.0. The molecule has 1 aromatic heterocycles. The SMILES string of the molecule is O=C(NC[C@@H](C(=O)Nc1ccc(N2CCOCC2=O)cc1)N(CC(F)F)CC(F)F)c1ccc(Cl)s1. The van der Waals surface area contributed by atoms with Crippen LogP contribution in [0.3, 0.4) is 0 Å². The van der Waals surface area contributed by atoms with Crippen molar-refractivity contribution in [2.75, 3.05) is 49.6 Å². The van der Waals surface area contributed by atoms with Gasteiger partial charge in [-0.25, -0.2) is 17.6 Å². The molecule has 14 heteroatoms. The van der Waals surface area contributed by atoms with Crippen LogP contribution in [0.4, 0.5) is 28.9 Å². The molecule has 1 aliphatic heterocycles. The lowest BCUT2D eigenvalue weighted by Gasteiger charge is -2.30. The summed E-state index contributed by atoms with van der Waals surface area (Å²) >= 11 is 6.78. The Bertz CT molecular complexity index is 1050. The number of nitrogens with one attached hydrogen (secondary N) is 2. The maximum Gasteiger partial charge on any atom is 0.261 e. The molecule has 1 aliphatic rings. The minimum Gasteiger partial charge on any atom is -0.370 e. The van der Waals surface area contributed by atoms with E-state index >= 15 is 0 Å². The molecular formula is C22H23ClF4N4O4S. The smallest absolute Gasteiger partial charge is 0.261 e. The second-order valence-corrected chi connectivity index (χ2v) is 9.41. The fourth-order valence-electron chi connectivity index (χ4n) is 3.53. The third kappa shape index (κ3) is 7.88. The summed E-state index contributed by atoms with van der Waals surface area (Å²) in [5.41, 5.74) is 0.816. The van der Waals surface area contributed by atoms with E-state index in [1.165, 1.54) is 29.2 Å². The number of hydrogen-bond acceptors (Lipinski definition) is 6. The van der Waals surface area contributed by atoms with Crippen LogP contribution in [0.15, 0.2) is 36.4 Å². The summed E-state index contributed by atoms with van der Waals surface area (Å²) in [5.74, 6) is -1.72. The quantitative estimate of drug-likeness (QED) is 0.419. The first kappa shape index (κ1) is 27.8. The minimum absolute atomic E-state index is 0.0479. The summed E-state index contributed by atoms with van der Waals surface area (Å²) < 4.78 is 58.0. The minimum atomic E-state index is -2.99. The number of halogens is 5. The van der Waals surface area contributed by atoms with E-state index in [0.717, 1.165) is 11.3 Å². The third-order valence-corrected chi connectivity index (χ3v) is 6.40. The molecule has 3 amide bonds. The summed E-state index contributed by atoms with van der Waals surface area (Å²) in [7, 11) is 0. The zero-order valence-electron chi connectivity index (χ0n) is 18.8. The van der Waals surface area contributed by atoms with Gasteiger partial charge in [0.15, 0.2) is 0 Å². The molecule has 0 bridgehead atoms. The van der Waals surface area contributed by atoms with Crippen LogP contribution in [0.25, 0.3) is 0 Å². The van der Waals surface area contributed by atoms with Gasteiger partial charge in [-0.05, 0) is 36.4 Å². The lowest BCUT2D eigenvalue weighted by atomic mass is 10.2. The number of morpholine rings is 1. The molecule has 36 heavy (non-hydrogen) atoms. The molecule has 1 saturated heterocycles. The van der Waals surface area contributed by atoms with Crippen LogP contribution in [-0.2, 0) is 14.3 Å². The zero-order chi connectivity index (χ0) is 26.2. The number of alkyl halides is 4. The predicted octanol–water partition coefficient (Wildman–Crippen LogP) is 3.33. The van der Waals surface area contributed by atoms with Crippen LogP contribution < -0.4 is 15.5 Å². The van der Waals surface area contributed by atoms with Gasteiger partial charge in [0.1, 0.15) is 12.6 Å². The Morgan fingerprint density at radius 1 is 1.08 bits per heavy atom. The number of thiophene rings is 1. The molecule has 0 unspecified atom stereocenters. The number of nitrogens with zero attached hydrogens (tertiary/aromatic N) is 2. The fraction of sp³-hybridized carbons (Fsp3) is 0.409. The molecule has 0 aliphatic carbocycles. The number of rotatable bonds is 11. The van der Waals surface area contributed by atoms with E-state index in [4.69, 9.17) is 16.3 Å². The van der Waals surface area contributed by atoms with Crippen LogP contribution in [0.5, 0.6) is 0 Å². The average Bonchev–Trinajstić information content (AvgIpc) is 3.25. The maximum atomic E-state index is 13.1. The van der Waals surface area contributed by atoms with Gasteiger partial charge >= 0.3 is 0 Å². The predicted molar refractivity (Wildman–Crippen MR) is 127 cm³/mol. The van der Waals surface area contributed by atoms with E-state index in [2.05, 4.69) is 10.6 Å². The van der Waals surface area contributed by atoms with Crippen LogP contribution in [-0.4, -0.2) is 80.9 Å². The monoisotopic (exact) mass is 550 g/mol. The second kappa shape index (κ2) is 13.0. The van der Waals surface area contributed by atoms with Gasteiger partial charge in [-0.2, -0.15) is 0 Å². The number of benzene rings is 1. The second-order valence-electron chi connectivity index (χ2n) is 7.70. The van der Waals surface area contributed by atoms with Gasteiger partial charge in [0.2, 0.25) is 5.91 Å². The molecule has 0 radical (unpaired) electrons. The van der Waals surface area contributed by atoms with Gasteiger partial charge in [0.25, 0.3) is 24.7 Å². The van der Waals surface area contributed by atoms with Gasteiger partial charge in [-0.1, -0.05) is 11.6 Å². The van der Waals surface area contributed by atoms with Crippen molar-refractivity contribution in [1.29, 1.82) is 0 Å². The highest BCUT2D eigenvalue weighted by Crippen LogP contribution is 2.22. The average molecular weight is 551 g/mol. The zero-order valence-corrected chi connectivity index (χ0v) is 20.3. The first-order valence-corrected chi connectivity index (χ1v) is 12.0. The van der Waals surface area contributed by atoms with Crippen molar-refractivity contribution in [3.63, 3.8) is 0 Å². The third-order valence-electron chi connectivity index (χ3n) is 5.17. The first-order valence-electron chi connectivity index (χ1n) is 10.8. The van der Waals surface area contributed by atoms with Crippen molar-refractivity contribution in [3.8, 4) is 0 Å². The van der Waals surface area contributed by atoms with Crippen LogP contribution in [0.2, 0.25) is 4.34 Å². The number of carbonyl (C=O) groups is 3. The molecule has 3 rings (SSSR count). The topological polar surface area (TPSA) is 91.0 Å². The van der Waals surface area contributed by atoms with Gasteiger partial charge in [-0.15, -0.1) is 11.3 Å². The standard InChI is InChI=1S/C22H23ClF4N4O4S/c23-17-6-5-16(36-17)22(34)28-9-15(30(10-18(24)25)11-19(26)27)21(33)29-13-1-3-14(4-2-13)31-7-8-35-12-20(31)32/h1-6,15,18-19H,7-12H2,(H,28,34)(H,29,33)/t15-/m0/s1. The maximum absolute atomic E-state index is 13.1. The summed E-state index contributed by atoms with van der Waals surface area (Å²) in [4.78, 5) is 39.7. The highest BCUT2D eigenvalue weighted by Gasteiger charge is 2.31. The van der Waals surface area contributed by atoms with Crippen molar-refractivity contribution >= 4 is 52.0 Å². The van der Waals surface area contributed by atoms with E-state index in [1.54, 1.807) is 12.1 Å². The summed E-state index contributed by atoms with van der Waals surface area (Å²) in [6.45, 7) is -2.01. The van der Waals surface area contributed by atoms with E-state index in [9.17, 15) is 31.9 Å². The van der Waals surface area contributed by atoms with E-state index in [1.807, 2.05) is 0 Å². The van der Waals surface area contributed by atoms with Crippen LogP contribution in [0.1, 0.15) is 9.67 Å². The van der Waals surface area contributed by atoms with Gasteiger partial charge < -0.3 is 20.3 Å². The summed E-state index contributed by atoms with van der Waals surface area (Å²) in [5, 5.41) is 4.94. The first-order chi connectivity index (χ1) is 17.1. The molecule has 0 spiro atoms. The lowest BCUT2D eigenvalue weighted by molar-refractivity contribution is -0.125. The Hall–Kier alpha value is -2.74. The molecule has 1 atom stereocenters. The van der Waals surface area contributed by atoms with E-state index in [-0.39, 0.29) is 23.1 Å². The van der Waals surface area contributed by atoms with E-state index in [0.29, 0.717) is 28.1 Å². The fourth-order valence-corrected chi connectivity index (χ4v) is 4.48. The molecule has 2 N–H and O–H groups in total. The Morgan fingerprint density at radius 2 is 1.75 bits per heavy atom. The van der Waals surface area contributed by atoms with Gasteiger partial charge in [0.05, 0.1) is 28.9 Å². The largest absolute Gasteiger partial charge is 0.370 e. The van der Waals surface area contributed by atoms with Crippen molar-refractivity contribution in [2.45, 2.75) is 18.9 Å². The number of anilines is 2. The Kier molecular flexibility index (Phi) is 10.0. The highest BCUT2D eigenvalue weighted by atomic mass is 35.5. The van der Waals surface area contributed by atoms with Crippen molar-refractivity contribution in [2.24, 2.45) is 0 Å². The number of amides is 3. The number of ether oxygens (including phenoxy) is 1. The molecule has 2 aromatic rings. The molecule has 8 nitrogen and oxygen atoms in total. The molecule has 1 aromatic carbocycles. The van der Waals surface area contributed by atoms with Crippen molar-refractivity contribution < 1.29 is 36.7 Å². The van der Waals surface area contributed by atoms with Crippen molar-refractivity contribution in [1.82, 2.24) is 10.2 Å². The molecule has 196 valence electrons. The Morgan fingerprint density at radius 3 is 2.31 bits per heavy atom. The van der Waals surface area contributed by atoms with Crippen LogP contribution >= 0.6 is 22.9 Å². The van der Waals surface area contributed by atoms with E-state index < -0.39 is 50.3 Å². The lowest BCUT2D eigenvalue weighted by Crippen LogP contribution is -2.53. The molecule has 1 fully saturated rings. The van der Waals surface area contributed by atoms with Gasteiger partial charge in [-0.3, -0.25) is 19.3 Å². The van der Waals surface area contributed by atoms with Crippen LogP contribution in [0, 0.1) is 0 Å². The Balaban J connectivity index is 1.74. The van der Waals surface area contributed by atoms with Crippen molar-refractivity contribution in [3.05, 3.63) is 45.6 Å². The highest BCUT2D eigenvalue weighted by molar-refractivity contribution is 7.18. The molecule has 0 saturated carbocycles. The summed E-state index contributed by atoms with van der Waals surface area (Å²) in [6, 6.07) is 7.53. The Labute approximate surface area is 213 Å². The van der Waals surface area contributed by atoms with Gasteiger partial charge in [0, 0.05) is 24.5 Å². The number of hydrogen-bond donors (Lipinski definition) is 2. The molecular weight excluding hydrogens is 528 g/mol. The molecule has 2 heterocycles.